The lowest BCUT2D eigenvalue weighted by Crippen LogP contribution is -2.28. The second-order valence-electron chi connectivity index (χ2n) is 6.14. The minimum absolute atomic E-state index is 0.181. The first-order valence-electron chi connectivity index (χ1n) is 8.35. The summed E-state index contributed by atoms with van der Waals surface area (Å²) in [5.41, 5.74) is 8.64. The van der Waals surface area contributed by atoms with Crippen LogP contribution in [-0.2, 0) is 4.74 Å². The highest BCUT2D eigenvalue weighted by molar-refractivity contribution is 6.70. The Kier molecular flexibility index (Phi) is 5.26. The van der Waals surface area contributed by atoms with Crippen molar-refractivity contribution in [2.75, 3.05) is 6.61 Å². The molecule has 0 aromatic heterocycles. The Morgan fingerprint density at radius 1 is 0.957 bits per heavy atom. The van der Waals surface area contributed by atoms with Crippen molar-refractivity contribution in [3.8, 4) is 11.1 Å². The normalized spacial score (nSPS) is 21.1. The molecule has 0 bridgehead atoms. The summed E-state index contributed by atoms with van der Waals surface area (Å²) in [6.07, 6.45) is 2.54. The van der Waals surface area contributed by atoms with Gasteiger partial charge in [0.05, 0.1) is 14.9 Å². The molecular weight excluding hydrogens is 296 g/mol. The van der Waals surface area contributed by atoms with Crippen molar-refractivity contribution in [3.63, 3.8) is 0 Å². The maximum atomic E-state index is 6.19. The van der Waals surface area contributed by atoms with Crippen molar-refractivity contribution >= 4 is 8.80 Å². The molecule has 2 heteroatoms. The lowest BCUT2D eigenvalue weighted by atomic mass is 9.96. The van der Waals surface area contributed by atoms with E-state index in [0.29, 0.717) is 5.54 Å². The van der Waals surface area contributed by atoms with Gasteiger partial charge < -0.3 is 4.74 Å². The number of hydrogen-bond donors (Lipinski definition) is 0. The van der Waals surface area contributed by atoms with E-state index in [9.17, 15) is 0 Å². The molecule has 2 atom stereocenters. The molecule has 0 radical (unpaired) electrons. The van der Waals surface area contributed by atoms with Crippen LogP contribution in [0.15, 0.2) is 79.2 Å². The van der Waals surface area contributed by atoms with Crippen molar-refractivity contribution in [1.82, 2.24) is 0 Å². The molecule has 0 saturated carbocycles. The quantitative estimate of drug-likeness (QED) is 0.683. The molecule has 0 aliphatic carbocycles. The molecule has 1 saturated heterocycles. The number of rotatable bonds is 5. The summed E-state index contributed by atoms with van der Waals surface area (Å²) >= 11 is 0. The molecule has 1 aliphatic rings. The molecule has 0 N–H and O–H groups in total. The molecule has 1 fully saturated rings. The maximum absolute atomic E-state index is 6.19. The highest BCUT2D eigenvalue weighted by Gasteiger charge is 2.32. The monoisotopic (exact) mass is 320 g/mol. The summed E-state index contributed by atoms with van der Waals surface area (Å²) in [5, 5.41) is 0. The second kappa shape index (κ2) is 7.58. The van der Waals surface area contributed by atoms with Crippen LogP contribution in [0.1, 0.15) is 24.5 Å². The van der Waals surface area contributed by atoms with E-state index < -0.39 is 8.80 Å². The molecule has 0 spiro atoms. The molecule has 23 heavy (non-hydrogen) atoms. The third kappa shape index (κ3) is 3.54. The van der Waals surface area contributed by atoms with Gasteiger partial charge in [-0.3, -0.25) is 0 Å². The van der Waals surface area contributed by atoms with Crippen LogP contribution in [0.4, 0.5) is 0 Å². The number of ether oxygens (including phenoxy) is 1. The Hall–Kier alpha value is -1.90. The molecule has 118 valence electrons. The highest BCUT2D eigenvalue weighted by atomic mass is 28.3. The van der Waals surface area contributed by atoms with E-state index in [0.717, 1.165) is 13.0 Å². The predicted octanol–water partition coefficient (Wildman–Crippen LogP) is 5.25. The Morgan fingerprint density at radius 3 is 2.43 bits per heavy atom. The molecule has 1 nitrogen and oxygen atoms in total. The summed E-state index contributed by atoms with van der Waals surface area (Å²) in [6.45, 7) is 8.92. The van der Waals surface area contributed by atoms with E-state index in [4.69, 9.17) is 4.74 Å². The van der Waals surface area contributed by atoms with Crippen LogP contribution in [0, 0.1) is 0 Å². The topological polar surface area (TPSA) is 9.23 Å². The minimum atomic E-state index is -1.19. The first kappa shape index (κ1) is 16.0. The maximum Gasteiger partial charge on any atom is 0.0898 e. The van der Waals surface area contributed by atoms with Crippen molar-refractivity contribution < 1.29 is 4.74 Å². The summed E-state index contributed by atoms with van der Waals surface area (Å²) in [7, 11) is -1.19. The Labute approximate surface area is 140 Å². The molecular formula is C21H24OSi. The van der Waals surface area contributed by atoms with Gasteiger partial charge in [-0.2, -0.15) is 0 Å². The van der Waals surface area contributed by atoms with Crippen LogP contribution in [0.5, 0.6) is 0 Å². The predicted molar refractivity (Wildman–Crippen MR) is 101 cm³/mol. The van der Waals surface area contributed by atoms with Crippen molar-refractivity contribution in [1.29, 1.82) is 0 Å². The zero-order chi connectivity index (χ0) is 16.1. The zero-order valence-electron chi connectivity index (χ0n) is 13.5. The minimum Gasteiger partial charge on any atom is -0.374 e. The smallest absolute Gasteiger partial charge is 0.0898 e. The summed E-state index contributed by atoms with van der Waals surface area (Å²) < 4.78 is 6.19. The number of hydrogen-bond acceptors (Lipinski definition) is 1. The highest BCUT2D eigenvalue weighted by Crippen LogP contribution is 2.41. The molecule has 2 aromatic rings. The number of benzene rings is 2. The second-order valence-corrected chi connectivity index (χ2v) is 9.09. The first-order chi connectivity index (χ1) is 11.3. The van der Waals surface area contributed by atoms with E-state index in [1.807, 2.05) is 0 Å². The van der Waals surface area contributed by atoms with Gasteiger partial charge in [0, 0.05) is 6.61 Å². The Morgan fingerprint density at radius 2 is 1.70 bits per heavy atom. The molecule has 2 aromatic carbocycles. The fraction of sp³-hybridized carbons (Fsp3) is 0.238. The summed E-state index contributed by atoms with van der Waals surface area (Å²) in [6, 6.07) is 19.3. The Bertz CT molecular complexity index is 657. The Balaban J connectivity index is 1.93. The average Bonchev–Trinajstić information content (AvgIpc) is 2.64. The van der Waals surface area contributed by atoms with Gasteiger partial charge >= 0.3 is 0 Å². The van der Waals surface area contributed by atoms with Crippen LogP contribution in [0.25, 0.3) is 11.1 Å². The van der Waals surface area contributed by atoms with Crippen molar-refractivity contribution in [2.45, 2.75) is 24.5 Å². The van der Waals surface area contributed by atoms with Gasteiger partial charge in [-0.05, 0) is 41.1 Å². The summed E-state index contributed by atoms with van der Waals surface area (Å²) in [5.74, 6) is 0. The van der Waals surface area contributed by atoms with Gasteiger partial charge in [-0.1, -0.05) is 48.5 Å². The first-order valence-corrected chi connectivity index (χ1v) is 10.4. The van der Waals surface area contributed by atoms with Crippen LogP contribution < -0.4 is 0 Å². The fourth-order valence-corrected chi connectivity index (χ4v) is 5.76. The fourth-order valence-electron chi connectivity index (χ4n) is 3.51. The molecule has 3 rings (SSSR count). The molecule has 1 aliphatic heterocycles. The van der Waals surface area contributed by atoms with Crippen LogP contribution in [0.3, 0.4) is 0 Å². The van der Waals surface area contributed by atoms with Crippen LogP contribution >= 0.6 is 0 Å². The van der Waals surface area contributed by atoms with E-state index in [1.165, 1.54) is 23.1 Å². The lowest BCUT2D eigenvalue weighted by Gasteiger charge is -2.34. The van der Waals surface area contributed by atoms with E-state index in [-0.39, 0.29) is 6.10 Å². The van der Waals surface area contributed by atoms with Gasteiger partial charge in [0.1, 0.15) is 0 Å². The largest absolute Gasteiger partial charge is 0.374 e. The van der Waals surface area contributed by atoms with Crippen LogP contribution in [0.2, 0.25) is 5.54 Å². The zero-order valence-corrected chi connectivity index (χ0v) is 14.7. The van der Waals surface area contributed by atoms with Crippen molar-refractivity contribution in [2.24, 2.45) is 0 Å². The van der Waals surface area contributed by atoms with Gasteiger partial charge in [0.2, 0.25) is 0 Å². The van der Waals surface area contributed by atoms with Crippen LogP contribution in [-0.4, -0.2) is 15.4 Å². The molecule has 1 heterocycles. The lowest BCUT2D eigenvalue weighted by molar-refractivity contribution is 0.0147. The van der Waals surface area contributed by atoms with E-state index >= 15 is 0 Å². The van der Waals surface area contributed by atoms with Gasteiger partial charge in [-0.25, -0.2) is 0 Å². The third-order valence-corrected chi connectivity index (χ3v) is 7.49. The van der Waals surface area contributed by atoms with E-state index in [1.54, 1.807) is 0 Å². The molecule has 2 unspecified atom stereocenters. The average molecular weight is 321 g/mol. The van der Waals surface area contributed by atoms with Crippen molar-refractivity contribution in [3.05, 3.63) is 84.7 Å². The van der Waals surface area contributed by atoms with E-state index in [2.05, 4.69) is 79.2 Å². The third-order valence-electron chi connectivity index (χ3n) is 4.73. The van der Waals surface area contributed by atoms with Gasteiger partial charge in [0.25, 0.3) is 0 Å². The van der Waals surface area contributed by atoms with Gasteiger partial charge in [0.15, 0.2) is 0 Å². The molecule has 0 amide bonds. The summed E-state index contributed by atoms with van der Waals surface area (Å²) in [4.78, 5) is 0. The SMILES string of the molecule is C=C[SiH](C=C)C1CCCOC1c1cccc(-c2ccccc2)c1. The standard InChI is InChI=1S/C21H24OSi/c1-3-23(4-2)20-14-9-15-22-21(20)19-13-8-12-18(16-19)17-10-6-5-7-11-17/h3-8,10-13,16,20-21,23H,1-2,9,14-15H2. The van der Waals surface area contributed by atoms with Gasteiger partial charge in [-0.15, -0.1) is 24.6 Å².